The van der Waals surface area contributed by atoms with Crippen molar-refractivity contribution in [2.24, 2.45) is 0 Å². The van der Waals surface area contributed by atoms with Crippen LogP contribution in [0.2, 0.25) is 0 Å². The molecule has 1 saturated heterocycles. The number of carbonyl (C=O) groups excluding carboxylic acids is 2. The number of nitrogens with zero attached hydrogens (tertiary/aromatic N) is 3. The highest BCUT2D eigenvalue weighted by Gasteiger charge is 2.28. The van der Waals surface area contributed by atoms with Crippen LogP contribution in [0.15, 0.2) is 28.2 Å². The molecule has 2 aromatic rings. The fourth-order valence-electron chi connectivity index (χ4n) is 3.89. The van der Waals surface area contributed by atoms with Gasteiger partial charge in [-0.3, -0.25) is 19.8 Å². The number of thiophene rings is 1. The number of carbonyl (C=O) groups is 2. The van der Waals surface area contributed by atoms with Crippen LogP contribution in [0, 0.1) is 0 Å². The van der Waals surface area contributed by atoms with Gasteiger partial charge < -0.3 is 9.32 Å². The van der Waals surface area contributed by atoms with E-state index >= 15 is 0 Å². The first-order valence-corrected chi connectivity index (χ1v) is 10.4. The van der Waals surface area contributed by atoms with Gasteiger partial charge in [-0.1, -0.05) is 25.3 Å². The van der Waals surface area contributed by atoms with Crippen molar-refractivity contribution in [2.75, 3.05) is 31.5 Å². The molecule has 144 valence electrons. The van der Waals surface area contributed by atoms with E-state index in [0.29, 0.717) is 24.0 Å². The normalized spacial score (nSPS) is 19.2. The number of amides is 2. The van der Waals surface area contributed by atoms with Gasteiger partial charge in [0, 0.05) is 32.2 Å². The van der Waals surface area contributed by atoms with E-state index in [9.17, 15) is 9.59 Å². The highest BCUT2D eigenvalue weighted by molar-refractivity contribution is 7.12. The third kappa shape index (κ3) is 4.22. The van der Waals surface area contributed by atoms with Crippen molar-refractivity contribution in [1.82, 2.24) is 14.8 Å². The molecule has 0 aromatic carbocycles. The smallest absolute Gasteiger partial charge is 0.302 e. The Bertz CT molecular complexity index is 775. The van der Waals surface area contributed by atoms with Crippen LogP contribution in [0.25, 0.3) is 0 Å². The van der Waals surface area contributed by atoms with Crippen molar-refractivity contribution in [3.63, 3.8) is 0 Å². The maximum Gasteiger partial charge on any atom is 0.302 e. The minimum absolute atomic E-state index is 0.0533. The van der Waals surface area contributed by atoms with Crippen LogP contribution in [0.1, 0.15) is 52.3 Å². The zero-order valence-electron chi connectivity index (χ0n) is 15.2. The summed E-state index contributed by atoms with van der Waals surface area (Å²) >= 11 is 1.34. The molecule has 1 aliphatic carbocycles. The standard InChI is InChI=1S/C19H24N4O3S/c24-17(16-7-4-12-27-16)21-19-20-15(13-26-19)18(25)23-10-8-22(9-11-23)14-5-2-1-3-6-14/h4,7,12-14H,1-3,5-6,8-11H2,(H,20,21,24). The monoisotopic (exact) mass is 388 g/mol. The van der Waals surface area contributed by atoms with E-state index in [1.54, 1.807) is 12.1 Å². The molecule has 3 heterocycles. The molecule has 4 rings (SSSR count). The number of anilines is 1. The Morgan fingerprint density at radius 2 is 1.93 bits per heavy atom. The molecule has 8 heteroatoms. The zero-order valence-corrected chi connectivity index (χ0v) is 16.0. The quantitative estimate of drug-likeness (QED) is 0.871. The highest BCUT2D eigenvalue weighted by Crippen LogP contribution is 2.24. The van der Waals surface area contributed by atoms with Gasteiger partial charge in [0.1, 0.15) is 6.26 Å². The van der Waals surface area contributed by atoms with Crippen molar-refractivity contribution >= 4 is 29.2 Å². The molecule has 2 amide bonds. The molecule has 1 N–H and O–H groups in total. The van der Waals surface area contributed by atoms with Crippen LogP contribution in [-0.4, -0.2) is 58.8 Å². The Morgan fingerprint density at radius 1 is 1.15 bits per heavy atom. The van der Waals surface area contributed by atoms with Gasteiger partial charge >= 0.3 is 6.01 Å². The second kappa shape index (κ2) is 8.22. The fraction of sp³-hybridized carbons (Fsp3) is 0.526. The fourth-order valence-corrected chi connectivity index (χ4v) is 4.51. The van der Waals surface area contributed by atoms with Crippen molar-refractivity contribution in [3.8, 4) is 0 Å². The Kier molecular flexibility index (Phi) is 5.54. The first-order chi connectivity index (χ1) is 13.2. The van der Waals surface area contributed by atoms with Crippen molar-refractivity contribution in [1.29, 1.82) is 0 Å². The van der Waals surface area contributed by atoms with E-state index in [0.717, 1.165) is 13.1 Å². The Balaban J connectivity index is 1.31. The minimum Gasteiger partial charge on any atom is -0.431 e. The second-order valence-electron chi connectivity index (χ2n) is 7.09. The van der Waals surface area contributed by atoms with Gasteiger partial charge in [-0.05, 0) is 24.3 Å². The lowest BCUT2D eigenvalue weighted by Gasteiger charge is -2.40. The average molecular weight is 388 g/mol. The molecular formula is C19H24N4O3S. The van der Waals surface area contributed by atoms with Crippen molar-refractivity contribution < 1.29 is 14.0 Å². The van der Waals surface area contributed by atoms with E-state index < -0.39 is 0 Å². The maximum absolute atomic E-state index is 12.7. The minimum atomic E-state index is -0.285. The summed E-state index contributed by atoms with van der Waals surface area (Å²) in [7, 11) is 0. The van der Waals surface area contributed by atoms with Crippen molar-refractivity contribution in [2.45, 2.75) is 38.1 Å². The molecule has 1 saturated carbocycles. The number of hydrogen-bond donors (Lipinski definition) is 1. The average Bonchev–Trinajstić information content (AvgIpc) is 3.40. The first kappa shape index (κ1) is 18.2. The lowest BCUT2D eigenvalue weighted by Crippen LogP contribution is -2.52. The molecule has 2 fully saturated rings. The molecule has 0 radical (unpaired) electrons. The number of oxazole rings is 1. The van der Waals surface area contributed by atoms with Gasteiger partial charge in [-0.15, -0.1) is 11.3 Å². The SMILES string of the molecule is O=C(Nc1nc(C(=O)N2CCN(C3CCCCC3)CC2)co1)c1cccs1. The molecule has 27 heavy (non-hydrogen) atoms. The predicted molar refractivity (Wildman–Crippen MR) is 103 cm³/mol. The van der Waals surface area contributed by atoms with E-state index in [1.807, 2.05) is 10.3 Å². The maximum atomic E-state index is 12.7. The summed E-state index contributed by atoms with van der Waals surface area (Å²) in [6.45, 7) is 3.24. The topological polar surface area (TPSA) is 78.7 Å². The van der Waals surface area contributed by atoms with E-state index in [2.05, 4.69) is 15.2 Å². The largest absolute Gasteiger partial charge is 0.431 e. The Labute approximate surface area is 162 Å². The van der Waals surface area contributed by atoms with Gasteiger partial charge in [0.15, 0.2) is 5.69 Å². The zero-order chi connectivity index (χ0) is 18.6. The summed E-state index contributed by atoms with van der Waals surface area (Å²) in [5.74, 6) is -0.425. The van der Waals surface area contributed by atoms with Gasteiger partial charge in [0.05, 0.1) is 4.88 Å². The van der Waals surface area contributed by atoms with Crippen molar-refractivity contribution in [3.05, 3.63) is 34.3 Å². The summed E-state index contributed by atoms with van der Waals surface area (Å²) in [5.41, 5.74) is 0.239. The van der Waals surface area contributed by atoms with E-state index in [-0.39, 0.29) is 23.5 Å². The second-order valence-corrected chi connectivity index (χ2v) is 8.04. The lowest BCUT2D eigenvalue weighted by atomic mass is 9.94. The Hall–Kier alpha value is -2.19. The lowest BCUT2D eigenvalue weighted by molar-refractivity contribution is 0.0518. The molecule has 1 aliphatic heterocycles. The van der Waals surface area contributed by atoms with Gasteiger partial charge in [-0.25, -0.2) is 0 Å². The molecule has 0 bridgehead atoms. The summed E-state index contributed by atoms with van der Waals surface area (Å²) in [6.07, 6.45) is 7.88. The number of aromatic nitrogens is 1. The number of rotatable bonds is 4. The molecule has 2 aliphatic rings. The molecule has 0 spiro atoms. The summed E-state index contributed by atoms with van der Waals surface area (Å²) in [4.78, 5) is 33.8. The predicted octanol–water partition coefficient (Wildman–Crippen LogP) is 3.08. The highest BCUT2D eigenvalue weighted by atomic mass is 32.1. The van der Waals surface area contributed by atoms with Crippen LogP contribution in [0.5, 0.6) is 0 Å². The van der Waals surface area contributed by atoms with Gasteiger partial charge in [0.2, 0.25) is 0 Å². The third-order valence-electron chi connectivity index (χ3n) is 5.38. The van der Waals surface area contributed by atoms with E-state index in [1.165, 1.54) is 49.7 Å². The Morgan fingerprint density at radius 3 is 2.63 bits per heavy atom. The number of piperazine rings is 1. The first-order valence-electron chi connectivity index (χ1n) is 9.54. The van der Waals surface area contributed by atoms with E-state index in [4.69, 9.17) is 4.42 Å². The van der Waals surface area contributed by atoms with Crippen LogP contribution in [-0.2, 0) is 0 Å². The molecule has 2 aromatic heterocycles. The molecular weight excluding hydrogens is 364 g/mol. The number of hydrogen-bond acceptors (Lipinski definition) is 6. The van der Waals surface area contributed by atoms with Gasteiger partial charge in [0.25, 0.3) is 11.8 Å². The number of nitrogens with one attached hydrogen (secondary N) is 1. The molecule has 0 unspecified atom stereocenters. The van der Waals surface area contributed by atoms with Crippen LogP contribution in [0.3, 0.4) is 0 Å². The van der Waals surface area contributed by atoms with Crippen LogP contribution >= 0.6 is 11.3 Å². The molecule has 0 atom stereocenters. The third-order valence-corrected chi connectivity index (χ3v) is 6.25. The van der Waals surface area contributed by atoms with Crippen LogP contribution < -0.4 is 5.32 Å². The summed E-state index contributed by atoms with van der Waals surface area (Å²) in [5, 5.41) is 4.41. The summed E-state index contributed by atoms with van der Waals surface area (Å²) in [6, 6.07) is 4.26. The van der Waals surface area contributed by atoms with Gasteiger partial charge in [-0.2, -0.15) is 4.98 Å². The molecule has 7 nitrogen and oxygen atoms in total. The van der Waals surface area contributed by atoms with Crippen LogP contribution in [0.4, 0.5) is 6.01 Å². The summed E-state index contributed by atoms with van der Waals surface area (Å²) < 4.78 is 5.27.